The second-order valence-corrected chi connectivity index (χ2v) is 8.13. The van der Waals surface area contributed by atoms with Crippen molar-refractivity contribution in [3.63, 3.8) is 0 Å². The van der Waals surface area contributed by atoms with E-state index in [2.05, 4.69) is 10.6 Å². The third kappa shape index (κ3) is 6.48. The number of rotatable bonds is 7. The lowest BCUT2D eigenvalue weighted by Crippen LogP contribution is -2.31. The largest absolute Gasteiger partial charge is 0.496 e. The van der Waals surface area contributed by atoms with Gasteiger partial charge in [-0.1, -0.05) is 46.9 Å². The number of hydrogen-bond donors (Lipinski definition) is 2. The number of nitro benzene ring substituents is 1. The van der Waals surface area contributed by atoms with Gasteiger partial charge in [0.05, 0.1) is 17.6 Å². The van der Waals surface area contributed by atoms with Crippen molar-refractivity contribution in [2.75, 3.05) is 12.4 Å². The Morgan fingerprint density at radius 3 is 2.32 bits per heavy atom. The molecule has 0 radical (unpaired) electrons. The lowest BCUT2D eigenvalue weighted by atomic mass is 10.1. The maximum absolute atomic E-state index is 13.1. The third-order valence-corrected chi connectivity index (χ3v) is 5.08. The molecule has 3 aromatic carbocycles. The molecule has 0 aliphatic rings. The van der Waals surface area contributed by atoms with Crippen molar-refractivity contribution in [1.82, 2.24) is 5.32 Å². The van der Waals surface area contributed by atoms with E-state index in [1.165, 1.54) is 61.7 Å². The average molecular weight is 521 g/mol. The Balaban J connectivity index is 2.00. The molecule has 0 fully saturated rings. The minimum absolute atomic E-state index is 0.0820. The Morgan fingerprint density at radius 2 is 1.68 bits per heavy atom. The second-order valence-electron chi connectivity index (χ2n) is 6.82. The quantitative estimate of drug-likeness (QED) is 0.226. The summed E-state index contributed by atoms with van der Waals surface area (Å²) in [4.78, 5) is 36.6. The lowest BCUT2D eigenvalue weighted by molar-refractivity contribution is -0.384. The van der Waals surface area contributed by atoms with Crippen LogP contribution < -0.4 is 15.4 Å². The number of carbonyl (C=O) groups excluding carboxylic acids is 2. The van der Waals surface area contributed by atoms with Crippen LogP contribution in [0.2, 0.25) is 15.1 Å². The smallest absolute Gasteiger partial charge is 0.272 e. The number of nitrogens with zero attached hydrogens (tertiary/aromatic N) is 1. The molecule has 3 rings (SSSR count). The fourth-order valence-corrected chi connectivity index (χ4v) is 3.62. The van der Waals surface area contributed by atoms with Gasteiger partial charge in [-0.25, -0.2) is 0 Å². The number of ether oxygens (including phenoxy) is 1. The third-order valence-electron chi connectivity index (χ3n) is 4.41. The molecule has 0 heterocycles. The standard InChI is InChI=1S/C23H16Cl3N3O5/c1-34-21-6-5-14(24)12-19(21)22(30)28-20(8-13-3-2-4-18(7-13)29(32)33)23(31)27-17-10-15(25)9-16(26)11-17/h2-12H,1H3,(H,27,31)(H,28,30). The molecule has 0 aliphatic heterocycles. The summed E-state index contributed by atoms with van der Waals surface area (Å²) in [6.07, 6.45) is 1.30. The van der Waals surface area contributed by atoms with Gasteiger partial charge in [-0.2, -0.15) is 0 Å². The van der Waals surface area contributed by atoms with Gasteiger partial charge < -0.3 is 15.4 Å². The number of benzene rings is 3. The highest BCUT2D eigenvalue weighted by atomic mass is 35.5. The van der Waals surface area contributed by atoms with E-state index in [9.17, 15) is 19.7 Å². The number of amides is 2. The van der Waals surface area contributed by atoms with Crippen molar-refractivity contribution in [3.05, 3.63) is 103 Å². The van der Waals surface area contributed by atoms with Crippen LogP contribution in [0.3, 0.4) is 0 Å². The summed E-state index contributed by atoms with van der Waals surface area (Å²) in [5.41, 5.74) is 0.281. The minimum Gasteiger partial charge on any atom is -0.496 e. The van der Waals surface area contributed by atoms with Gasteiger partial charge in [0.15, 0.2) is 0 Å². The van der Waals surface area contributed by atoms with E-state index in [-0.39, 0.29) is 33.4 Å². The molecule has 11 heteroatoms. The summed E-state index contributed by atoms with van der Waals surface area (Å²) in [5, 5.41) is 17.1. The average Bonchev–Trinajstić information content (AvgIpc) is 2.78. The van der Waals surface area contributed by atoms with Gasteiger partial charge in [0, 0.05) is 32.9 Å². The van der Waals surface area contributed by atoms with E-state index < -0.39 is 16.7 Å². The molecule has 3 aromatic rings. The molecule has 0 bridgehead atoms. The lowest BCUT2D eigenvalue weighted by Gasteiger charge is -2.13. The van der Waals surface area contributed by atoms with Crippen LogP contribution in [-0.4, -0.2) is 23.8 Å². The Hall–Kier alpha value is -3.59. The Labute approximate surface area is 209 Å². The summed E-state index contributed by atoms with van der Waals surface area (Å²) < 4.78 is 5.20. The number of carbonyl (C=O) groups is 2. The van der Waals surface area contributed by atoms with Crippen LogP contribution in [-0.2, 0) is 4.79 Å². The summed E-state index contributed by atoms with van der Waals surface area (Å²) in [6, 6.07) is 14.4. The second kappa shape index (κ2) is 11.0. The summed E-state index contributed by atoms with van der Waals surface area (Å²) >= 11 is 18.0. The van der Waals surface area contributed by atoms with Crippen LogP contribution in [0.4, 0.5) is 11.4 Å². The zero-order valence-electron chi connectivity index (χ0n) is 17.5. The van der Waals surface area contributed by atoms with Crippen molar-refractivity contribution >= 4 is 64.1 Å². The van der Waals surface area contributed by atoms with E-state index >= 15 is 0 Å². The molecule has 0 unspecified atom stereocenters. The number of non-ortho nitro benzene ring substituents is 1. The molecule has 2 N–H and O–H groups in total. The van der Waals surface area contributed by atoms with Crippen molar-refractivity contribution in [2.45, 2.75) is 0 Å². The molecule has 0 spiro atoms. The van der Waals surface area contributed by atoms with Crippen LogP contribution in [0.1, 0.15) is 15.9 Å². The van der Waals surface area contributed by atoms with Crippen LogP contribution in [0, 0.1) is 10.1 Å². The van der Waals surface area contributed by atoms with Crippen LogP contribution >= 0.6 is 34.8 Å². The van der Waals surface area contributed by atoms with E-state index in [1.54, 1.807) is 12.1 Å². The fourth-order valence-electron chi connectivity index (χ4n) is 2.92. The van der Waals surface area contributed by atoms with Crippen LogP contribution in [0.5, 0.6) is 5.75 Å². The zero-order chi connectivity index (χ0) is 24.8. The molecular weight excluding hydrogens is 505 g/mol. The van der Waals surface area contributed by atoms with Gasteiger partial charge in [0.1, 0.15) is 11.4 Å². The Morgan fingerprint density at radius 1 is 0.971 bits per heavy atom. The Kier molecular flexibility index (Phi) is 8.12. The molecule has 8 nitrogen and oxygen atoms in total. The normalized spacial score (nSPS) is 11.0. The van der Waals surface area contributed by atoms with Gasteiger partial charge in [-0.15, -0.1) is 0 Å². The number of halogens is 3. The van der Waals surface area contributed by atoms with E-state index in [1.807, 2.05) is 0 Å². The first-order chi connectivity index (χ1) is 16.2. The van der Waals surface area contributed by atoms with Crippen molar-refractivity contribution < 1.29 is 19.2 Å². The van der Waals surface area contributed by atoms with Crippen molar-refractivity contribution in [1.29, 1.82) is 0 Å². The number of hydrogen-bond acceptors (Lipinski definition) is 5. The number of nitro groups is 1. The first-order valence-electron chi connectivity index (χ1n) is 9.55. The molecule has 0 aliphatic carbocycles. The molecule has 34 heavy (non-hydrogen) atoms. The first-order valence-corrected chi connectivity index (χ1v) is 10.7. The Bertz CT molecular complexity index is 1290. The van der Waals surface area contributed by atoms with Crippen LogP contribution in [0.15, 0.2) is 66.4 Å². The van der Waals surface area contributed by atoms with Crippen molar-refractivity contribution in [3.8, 4) is 5.75 Å². The predicted octanol–water partition coefficient (Wildman–Crippen LogP) is 5.97. The maximum atomic E-state index is 13.1. The number of anilines is 1. The van der Waals surface area contributed by atoms with Gasteiger partial charge >= 0.3 is 0 Å². The topological polar surface area (TPSA) is 111 Å². The molecular formula is C23H16Cl3N3O5. The highest BCUT2D eigenvalue weighted by molar-refractivity contribution is 6.35. The molecule has 0 aromatic heterocycles. The zero-order valence-corrected chi connectivity index (χ0v) is 19.7. The molecule has 174 valence electrons. The van der Waals surface area contributed by atoms with Crippen molar-refractivity contribution in [2.24, 2.45) is 0 Å². The molecule has 0 saturated carbocycles. The first kappa shape index (κ1) is 25.0. The van der Waals surface area contributed by atoms with Gasteiger partial charge in [0.25, 0.3) is 17.5 Å². The van der Waals surface area contributed by atoms with E-state index in [0.717, 1.165) is 0 Å². The number of nitrogens with one attached hydrogen (secondary N) is 2. The van der Waals surface area contributed by atoms with Gasteiger partial charge in [0.2, 0.25) is 0 Å². The fraction of sp³-hybridized carbons (Fsp3) is 0.0435. The highest BCUT2D eigenvalue weighted by Crippen LogP contribution is 2.25. The molecule has 0 atom stereocenters. The minimum atomic E-state index is -0.723. The number of methoxy groups -OCH3 is 1. The summed E-state index contributed by atoms with van der Waals surface area (Å²) in [7, 11) is 1.38. The summed E-state index contributed by atoms with van der Waals surface area (Å²) in [6.45, 7) is 0. The predicted molar refractivity (Wildman–Crippen MR) is 132 cm³/mol. The van der Waals surface area contributed by atoms with E-state index in [4.69, 9.17) is 39.5 Å². The molecule has 2 amide bonds. The van der Waals surface area contributed by atoms with Crippen LogP contribution in [0.25, 0.3) is 6.08 Å². The van der Waals surface area contributed by atoms with Gasteiger partial charge in [-0.05, 0) is 48.0 Å². The van der Waals surface area contributed by atoms with E-state index in [0.29, 0.717) is 15.6 Å². The maximum Gasteiger partial charge on any atom is 0.272 e. The summed E-state index contributed by atoms with van der Waals surface area (Å²) in [5.74, 6) is -1.17. The SMILES string of the molecule is COc1ccc(Cl)cc1C(=O)NC(=Cc1cccc([N+](=O)[O-])c1)C(=O)Nc1cc(Cl)cc(Cl)c1. The molecule has 0 saturated heterocycles. The van der Waals surface area contributed by atoms with Gasteiger partial charge in [-0.3, -0.25) is 19.7 Å². The monoisotopic (exact) mass is 519 g/mol. The highest BCUT2D eigenvalue weighted by Gasteiger charge is 2.19.